The molecular formula is C12H21O10. The minimum atomic E-state index is -2.11. The summed E-state index contributed by atoms with van der Waals surface area (Å²) in [7, 11) is 0. The van der Waals surface area contributed by atoms with Crippen LogP contribution in [0.2, 0.25) is 0 Å². The van der Waals surface area contributed by atoms with Crippen LogP contribution < -0.4 is 0 Å². The Morgan fingerprint density at radius 2 is 1.41 bits per heavy atom. The zero-order valence-corrected chi connectivity index (χ0v) is 11.6. The van der Waals surface area contributed by atoms with Gasteiger partial charge in [0.1, 0.15) is 42.7 Å². The number of hydrogen-bond acceptors (Lipinski definition) is 10. The van der Waals surface area contributed by atoms with E-state index in [0.717, 1.165) is 0 Å². The molecule has 0 aromatic heterocycles. The molecular weight excluding hydrogens is 304 g/mol. The van der Waals surface area contributed by atoms with Gasteiger partial charge in [-0.15, -0.1) is 0 Å². The SMILES string of the molecule is OC[C@H]1O[C@](CO)([C]2O[C@H](CO)[C@@H](O)[C@H](O)[C@H]2O)[C@@H](O)[C@@H]1O. The Morgan fingerprint density at radius 1 is 0.818 bits per heavy atom. The van der Waals surface area contributed by atoms with Gasteiger partial charge in [-0.25, -0.2) is 0 Å². The molecule has 10 heteroatoms. The monoisotopic (exact) mass is 325 g/mol. The van der Waals surface area contributed by atoms with Crippen LogP contribution in [0.3, 0.4) is 0 Å². The molecule has 0 saturated carbocycles. The summed E-state index contributed by atoms with van der Waals surface area (Å²) in [5, 5.41) is 77.4. The van der Waals surface area contributed by atoms with Crippen molar-refractivity contribution < 1.29 is 50.3 Å². The molecule has 0 aromatic carbocycles. The van der Waals surface area contributed by atoms with Gasteiger partial charge in [0.15, 0.2) is 11.7 Å². The van der Waals surface area contributed by atoms with Gasteiger partial charge in [0.2, 0.25) is 0 Å². The van der Waals surface area contributed by atoms with Crippen LogP contribution in [0.25, 0.3) is 0 Å². The number of aliphatic hydroxyl groups is 8. The van der Waals surface area contributed by atoms with E-state index in [2.05, 4.69) is 0 Å². The molecule has 0 amide bonds. The topological polar surface area (TPSA) is 180 Å². The van der Waals surface area contributed by atoms with Crippen molar-refractivity contribution in [2.24, 2.45) is 0 Å². The molecule has 2 saturated heterocycles. The molecule has 22 heavy (non-hydrogen) atoms. The molecule has 0 unspecified atom stereocenters. The van der Waals surface area contributed by atoms with Crippen molar-refractivity contribution in [1.29, 1.82) is 0 Å². The number of aliphatic hydroxyl groups excluding tert-OH is 8. The van der Waals surface area contributed by atoms with Gasteiger partial charge in [-0.05, 0) is 0 Å². The lowest BCUT2D eigenvalue weighted by Gasteiger charge is -2.46. The van der Waals surface area contributed by atoms with Gasteiger partial charge in [0.05, 0.1) is 19.8 Å². The van der Waals surface area contributed by atoms with Crippen molar-refractivity contribution in [3.8, 4) is 0 Å². The molecule has 2 aliphatic heterocycles. The second kappa shape index (κ2) is 6.61. The van der Waals surface area contributed by atoms with Crippen molar-refractivity contribution in [3.05, 3.63) is 6.10 Å². The van der Waals surface area contributed by atoms with Crippen molar-refractivity contribution in [1.82, 2.24) is 0 Å². The number of rotatable bonds is 4. The van der Waals surface area contributed by atoms with Gasteiger partial charge in [-0.1, -0.05) is 0 Å². The molecule has 8 atom stereocenters. The lowest BCUT2D eigenvalue weighted by Crippen LogP contribution is -2.64. The third-order valence-corrected chi connectivity index (χ3v) is 4.16. The van der Waals surface area contributed by atoms with E-state index in [9.17, 15) is 30.6 Å². The highest BCUT2D eigenvalue weighted by Crippen LogP contribution is 2.44. The van der Waals surface area contributed by atoms with Crippen molar-refractivity contribution >= 4 is 0 Å². The van der Waals surface area contributed by atoms with Crippen LogP contribution >= 0.6 is 0 Å². The third kappa shape index (κ3) is 2.55. The Hall–Kier alpha value is -0.400. The van der Waals surface area contributed by atoms with Gasteiger partial charge in [-0.2, -0.15) is 0 Å². The number of ether oxygens (including phenoxy) is 2. The van der Waals surface area contributed by atoms with Crippen LogP contribution in [0.5, 0.6) is 0 Å². The van der Waals surface area contributed by atoms with E-state index in [-0.39, 0.29) is 0 Å². The lowest BCUT2D eigenvalue weighted by atomic mass is 9.81. The minimum absolute atomic E-state index is 0.533. The standard InChI is InChI=1S/C12H21O10/c13-1-4-6(16)8(18)9(19)11(21-4)12(3-15)10(20)7(17)5(2-14)22-12/h4-10,13-20H,1-3H2/t4-,5-,6-,7-,8+,9-,10+,12+/m1/s1. The summed E-state index contributed by atoms with van der Waals surface area (Å²) in [6.07, 6.45) is -11.6. The van der Waals surface area contributed by atoms with Crippen LogP contribution in [-0.2, 0) is 9.47 Å². The molecule has 2 fully saturated rings. The van der Waals surface area contributed by atoms with Crippen molar-refractivity contribution in [2.75, 3.05) is 19.8 Å². The largest absolute Gasteiger partial charge is 0.394 e. The van der Waals surface area contributed by atoms with Gasteiger partial charge < -0.3 is 50.3 Å². The Morgan fingerprint density at radius 3 is 1.86 bits per heavy atom. The van der Waals surface area contributed by atoms with E-state index in [1.807, 2.05) is 0 Å². The Bertz CT molecular complexity index is 379. The molecule has 129 valence electrons. The minimum Gasteiger partial charge on any atom is -0.394 e. The second-order valence-corrected chi connectivity index (χ2v) is 5.45. The Kier molecular flexibility index (Phi) is 5.39. The van der Waals surface area contributed by atoms with E-state index in [0.29, 0.717) is 0 Å². The summed E-state index contributed by atoms with van der Waals surface area (Å²) in [6.45, 7) is -2.31. The average Bonchev–Trinajstić information content (AvgIpc) is 2.78. The van der Waals surface area contributed by atoms with Crippen LogP contribution in [0.1, 0.15) is 0 Å². The first-order valence-electron chi connectivity index (χ1n) is 6.78. The summed E-state index contributed by atoms with van der Waals surface area (Å²) in [5.41, 5.74) is -2.11. The number of hydrogen-bond donors (Lipinski definition) is 8. The van der Waals surface area contributed by atoms with Crippen LogP contribution in [-0.4, -0.2) is 109 Å². The quantitative estimate of drug-likeness (QED) is 0.249. The summed E-state index contributed by atoms with van der Waals surface area (Å²) >= 11 is 0. The third-order valence-electron chi connectivity index (χ3n) is 4.16. The molecule has 0 aliphatic carbocycles. The summed E-state index contributed by atoms with van der Waals surface area (Å²) in [5.74, 6) is 0. The first-order chi connectivity index (χ1) is 10.3. The van der Waals surface area contributed by atoms with E-state index >= 15 is 0 Å². The zero-order valence-electron chi connectivity index (χ0n) is 11.6. The fourth-order valence-electron chi connectivity index (χ4n) is 2.81. The van der Waals surface area contributed by atoms with Crippen LogP contribution in [0, 0.1) is 6.10 Å². The summed E-state index contributed by atoms with van der Waals surface area (Å²) in [6, 6.07) is 0. The zero-order chi connectivity index (χ0) is 16.7. The molecule has 1 radical (unpaired) electrons. The molecule has 2 heterocycles. The lowest BCUT2D eigenvalue weighted by molar-refractivity contribution is -0.244. The highest BCUT2D eigenvalue weighted by Gasteiger charge is 2.64. The molecule has 2 aliphatic rings. The second-order valence-electron chi connectivity index (χ2n) is 5.45. The fourth-order valence-corrected chi connectivity index (χ4v) is 2.81. The molecule has 0 spiro atoms. The van der Waals surface area contributed by atoms with Gasteiger partial charge in [-0.3, -0.25) is 0 Å². The Balaban J connectivity index is 2.33. The van der Waals surface area contributed by atoms with Crippen LogP contribution in [0.4, 0.5) is 0 Å². The van der Waals surface area contributed by atoms with E-state index in [4.69, 9.17) is 19.7 Å². The molecule has 0 aromatic rings. The van der Waals surface area contributed by atoms with Gasteiger partial charge >= 0.3 is 0 Å². The highest BCUT2D eigenvalue weighted by molar-refractivity contribution is 5.21. The maximum atomic E-state index is 10.1. The van der Waals surface area contributed by atoms with Gasteiger partial charge in [0.25, 0.3) is 0 Å². The first kappa shape index (κ1) is 17.9. The first-order valence-corrected chi connectivity index (χ1v) is 6.78. The maximum absolute atomic E-state index is 10.1. The van der Waals surface area contributed by atoms with Gasteiger partial charge in [0, 0.05) is 0 Å². The van der Waals surface area contributed by atoms with Crippen molar-refractivity contribution in [3.63, 3.8) is 0 Å². The average molecular weight is 325 g/mol. The van der Waals surface area contributed by atoms with Crippen molar-refractivity contribution in [2.45, 2.75) is 48.3 Å². The Labute approximate surface area is 125 Å². The molecule has 8 N–H and O–H groups in total. The maximum Gasteiger partial charge on any atom is 0.165 e. The van der Waals surface area contributed by atoms with E-state index < -0.39 is 74.3 Å². The van der Waals surface area contributed by atoms with E-state index in [1.165, 1.54) is 0 Å². The predicted molar refractivity (Wildman–Crippen MR) is 67.0 cm³/mol. The van der Waals surface area contributed by atoms with Crippen LogP contribution in [0.15, 0.2) is 0 Å². The van der Waals surface area contributed by atoms with E-state index in [1.54, 1.807) is 0 Å². The molecule has 0 bridgehead atoms. The molecule has 10 nitrogen and oxygen atoms in total. The highest BCUT2D eigenvalue weighted by atomic mass is 16.6. The smallest absolute Gasteiger partial charge is 0.165 e. The summed E-state index contributed by atoms with van der Waals surface area (Å²) in [4.78, 5) is 0. The fraction of sp³-hybridized carbons (Fsp3) is 0.917. The predicted octanol–water partition coefficient (Wildman–Crippen LogP) is -5.16. The molecule has 2 rings (SSSR count). The normalized spacial score (nSPS) is 50.5. The summed E-state index contributed by atoms with van der Waals surface area (Å²) < 4.78 is 10.5.